The van der Waals surface area contributed by atoms with Gasteiger partial charge in [0.05, 0.1) is 0 Å². The summed E-state index contributed by atoms with van der Waals surface area (Å²) < 4.78 is 60.4. The van der Waals surface area contributed by atoms with Crippen LogP contribution in [0.15, 0.2) is 48.5 Å². The number of unbranched alkanes of at least 4 members (excludes halogenated alkanes) is 3. The highest BCUT2D eigenvalue weighted by atomic mass is 19.2. The zero-order valence-electron chi connectivity index (χ0n) is 24.6. The van der Waals surface area contributed by atoms with Gasteiger partial charge in [-0.2, -0.15) is 0 Å². The zero-order valence-corrected chi connectivity index (χ0v) is 24.6. The van der Waals surface area contributed by atoms with Gasteiger partial charge in [0.2, 0.25) is 0 Å². The Balaban J connectivity index is 1.26. The molecule has 0 unspecified atom stereocenters. The standard InChI is InChI=1S/C37H44F4/c1-3-4-5-6-7-30-20-21-31(35(39)34(30)38)28-16-18-29(19-17-28)33-23-22-32(36(40)37(33)41)27-14-12-26(13-15-27)25-10-8-24(2)9-11-25/h16-27H,3-15H2,1-2H3. The molecule has 0 spiro atoms. The van der Waals surface area contributed by atoms with Gasteiger partial charge in [-0.05, 0) is 97.3 Å². The first kappa shape index (κ1) is 29.9. The van der Waals surface area contributed by atoms with Crippen molar-refractivity contribution in [3.63, 3.8) is 0 Å². The molecule has 0 heterocycles. The molecule has 0 bridgehead atoms. The number of benzene rings is 3. The van der Waals surface area contributed by atoms with Gasteiger partial charge in [0.1, 0.15) is 0 Å². The lowest BCUT2D eigenvalue weighted by molar-refractivity contribution is 0.164. The monoisotopic (exact) mass is 564 g/mol. The second-order valence-electron chi connectivity index (χ2n) is 12.8. The minimum absolute atomic E-state index is 0.0622. The number of hydrogen-bond donors (Lipinski definition) is 0. The van der Waals surface area contributed by atoms with Crippen molar-refractivity contribution in [3.8, 4) is 22.3 Å². The van der Waals surface area contributed by atoms with Gasteiger partial charge in [-0.1, -0.05) is 94.5 Å². The summed E-state index contributed by atoms with van der Waals surface area (Å²) >= 11 is 0. The molecule has 3 aromatic rings. The molecule has 0 radical (unpaired) electrons. The quantitative estimate of drug-likeness (QED) is 0.179. The predicted molar refractivity (Wildman–Crippen MR) is 161 cm³/mol. The minimum atomic E-state index is -0.861. The highest BCUT2D eigenvalue weighted by Gasteiger charge is 2.32. The molecule has 0 atom stereocenters. The molecule has 2 aliphatic rings. The number of hydrogen-bond acceptors (Lipinski definition) is 0. The van der Waals surface area contributed by atoms with Crippen LogP contribution in [0.4, 0.5) is 17.6 Å². The normalized spacial score (nSPS) is 23.1. The van der Waals surface area contributed by atoms with Gasteiger partial charge >= 0.3 is 0 Å². The molecule has 2 aliphatic carbocycles. The third kappa shape index (κ3) is 6.73. The third-order valence-corrected chi connectivity index (χ3v) is 10.0. The Kier molecular flexibility index (Phi) is 9.88. The molecule has 0 saturated heterocycles. The lowest BCUT2D eigenvalue weighted by Gasteiger charge is -2.37. The topological polar surface area (TPSA) is 0 Å². The molecular weight excluding hydrogens is 520 g/mol. The van der Waals surface area contributed by atoms with Crippen LogP contribution >= 0.6 is 0 Å². The fraction of sp³-hybridized carbons (Fsp3) is 0.514. The van der Waals surface area contributed by atoms with E-state index < -0.39 is 23.3 Å². The van der Waals surface area contributed by atoms with E-state index >= 15 is 8.78 Å². The summed E-state index contributed by atoms with van der Waals surface area (Å²) in [4.78, 5) is 0. The average Bonchev–Trinajstić information content (AvgIpc) is 2.99. The van der Waals surface area contributed by atoms with Gasteiger partial charge in [-0.15, -0.1) is 0 Å². The summed E-state index contributed by atoms with van der Waals surface area (Å²) in [6.07, 6.45) is 13.9. The lowest BCUT2D eigenvalue weighted by atomic mass is 9.68. The third-order valence-electron chi connectivity index (χ3n) is 10.0. The van der Waals surface area contributed by atoms with E-state index in [4.69, 9.17) is 0 Å². The molecule has 4 heteroatoms. The Labute approximate surface area is 243 Å². The van der Waals surface area contributed by atoms with Crippen molar-refractivity contribution in [2.24, 2.45) is 17.8 Å². The Morgan fingerprint density at radius 2 is 1.10 bits per heavy atom. The first-order valence-electron chi connectivity index (χ1n) is 15.9. The maximum Gasteiger partial charge on any atom is 0.166 e. The van der Waals surface area contributed by atoms with E-state index in [0.717, 1.165) is 69.1 Å². The van der Waals surface area contributed by atoms with E-state index in [1.165, 1.54) is 25.7 Å². The summed E-state index contributed by atoms with van der Waals surface area (Å²) in [6, 6.07) is 13.3. The van der Waals surface area contributed by atoms with Gasteiger partial charge in [0.25, 0.3) is 0 Å². The summed E-state index contributed by atoms with van der Waals surface area (Å²) in [5.74, 6) is -0.800. The van der Waals surface area contributed by atoms with Gasteiger partial charge in [0.15, 0.2) is 23.3 Å². The highest BCUT2D eigenvalue weighted by molar-refractivity contribution is 5.71. The van der Waals surface area contributed by atoms with Crippen LogP contribution in [0.2, 0.25) is 0 Å². The first-order valence-corrected chi connectivity index (χ1v) is 15.9. The van der Waals surface area contributed by atoms with Crippen LogP contribution in [0.5, 0.6) is 0 Å². The Morgan fingerprint density at radius 3 is 1.68 bits per heavy atom. The molecule has 41 heavy (non-hydrogen) atoms. The molecule has 220 valence electrons. The van der Waals surface area contributed by atoms with Crippen molar-refractivity contribution in [2.75, 3.05) is 0 Å². The van der Waals surface area contributed by atoms with E-state index in [9.17, 15) is 8.78 Å². The SMILES string of the molecule is CCCCCCc1ccc(-c2ccc(-c3ccc(C4CCC(C5CCC(C)CC5)CC4)c(F)c3F)cc2)c(F)c1F. The zero-order chi connectivity index (χ0) is 28.9. The molecule has 3 aromatic carbocycles. The molecule has 2 saturated carbocycles. The maximum absolute atomic E-state index is 15.4. The minimum Gasteiger partial charge on any atom is -0.203 e. The molecular formula is C37H44F4. The lowest BCUT2D eigenvalue weighted by Crippen LogP contribution is -2.25. The van der Waals surface area contributed by atoms with E-state index in [2.05, 4.69) is 13.8 Å². The predicted octanol–water partition coefficient (Wildman–Crippen LogP) is 11.8. The summed E-state index contributed by atoms with van der Waals surface area (Å²) in [5.41, 5.74) is 2.27. The second-order valence-corrected chi connectivity index (χ2v) is 12.8. The van der Waals surface area contributed by atoms with Crippen LogP contribution in [0.1, 0.15) is 108 Å². The Morgan fingerprint density at radius 1 is 0.561 bits per heavy atom. The summed E-state index contributed by atoms with van der Waals surface area (Å²) in [6.45, 7) is 4.46. The van der Waals surface area contributed by atoms with Crippen molar-refractivity contribution in [2.45, 2.75) is 103 Å². The fourth-order valence-electron chi connectivity index (χ4n) is 7.34. The molecule has 5 rings (SSSR count). The van der Waals surface area contributed by atoms with Crippen LogP contribution < -0.4 is 0 Å². The largest absolute Gasteiger partial charge is 0.203 e. The van der Waals surface area contributed by atoms with Crippen LogP contribution in [0.25, 0.3) is 22.3 Å². The smallest absolute Gasteiger partial charge is 0.166 e. The van der Waals surface area contributed by atoms with Gasteiger partial charge in [0, 0.05) is 11.1 Å². The van der Waals surface area contributed by atoms with Crippen molar-refractivity contribution in [1.82, 2.24) is 0 Å². The maximum atomic E-state index is 15.4. The summed E-state index contributed by atoms with van der Waals surface area (Å²) in [7, 11) is 0. The molecule has 0 aliphatic heterocycles. The van der Waals surface area contributed by atoms with E-state index in [0.29, 0.717) is 28.7 Å². The second kappa shape index (κ2) is 13.6. The molecule has 0 nitrogen and oxygen atoms in total. The average molecular weight is 565 g/mol. The van der Waals surface area contributed by atoms with Crippen LogP contribution in [-0.4, -0.2) is 0 Å². The fourth-order valence-corrected chi connectivity index (χ4v) is 7.34. The van der Waals surface area contributed by atoms with Crippen molar-refractivity contribution < 1.29 is 17.6 Å². The van der Waals surface area contributed by atoms with Crippen molar-refractivity contribution in [3.05, 3.63) is 82.9 Å². The highest BCUT2D eigenvalue weighted by Crippen LogP contribution is 2.45. The van der Waals surface area contributed by atoms with Crippen LogP contribution in [-0.2, 0) is 6.42 Å². The van der Waals surface area contributed by atoms with E-state index in [1.54, 1.807) is 48.5 Å². The summed E-state index contributed by atoms with van der Waals surface area (Å²) in [5, 5.41) is 0. The van der Waals surface area contributed by atoms with E-state index in [1.807, 2.05) is 0 Å². The number of halogens is 4. The Bertz CT molecular complexity index is 1300. The molecule has 0 amide bonds. The molecule has 0 N–H and O–H groups in total. The van der Waals surface area contributed by atoms with Crippen molar-refractivity contribution in [1.29, 1.82) is 0 Å². The number of aryl methyl sites for hydroxylation is 1. The van der Waals surface area contributed by atoms with Gasteiger partial charge < -0.3 is 0 Å². The molecule has 2 fully saturated rings. The van der Waals surface area contributed by atoms with Crippen LogP contribution in [0, 0.1) is 41.0 Å². The first-order chi connectivity index (χ1) is 19.9. The number of rotatable bonds is 9. The Hall–Kier alpha value is -2.62. The van der Waals surface area contributed by atoms with E-state index in [-0.39, 0.29) is 17.0 Å². The van der Waals surface area contributed by atoms with Crippen molar-refractivity contribution >= 4 is 0 Å². The van der Waals surface area contributed by atoms with Gasteiger partial charge in [-0.25, -0.2) is 17.6 Å². The molecule has 0 aromatic heterocycles. The van der Waals surface area contributed by atoms with Crippen LogP contribution in [0.3, 0.4) is 0 Å². The van der Waals surface area contributed by atoms with Gasteiger partial charge in [-0.3, -0.25) is 0 Å².